The molecule has 0 fully saturated rings. The van der Waals surface area contributed by atoms with Crippen LogP contribution in [-0.4, -0.2) is 0 Å². The molecule has 3 atom stereocenters. The Balaban J connectivity index is 1.37. The van der Waals surface area contributed by atoms with E-state index >= 15 is 0 Å². The topological polar surface area (TPSA) is 21.3 Å². The maximum absolute atomic E-state index is 6.50. The van der Waals surface area contributed by atoms with Gasteiger partial charge in [-0.05, 0) is 47.2 Å². The first kappa shape index (κ1) is 17.4. The molecule has 1 aliphatic heterocycles. The summed E-state index contributed by atoms with van der Waals surface area (Å²) in [5, 5.41) is 4.51. The summed E-state index contributed by atoms with van der Waals surface area (Å²) in [5.74, 6) is 1.83. The molecule has 0 amide bonds. The Kier molecular flexibility index (Phi) is 4.58. The predicted molar refractivity (Wildman–Crippen MR) is 115 cm³/mol. The average Bonchev–Trinajstić information content (AvgIpc) is 3.24. The lowest BCUT2D eigenvalue weighted by Gasteiger charge is -2.38. The first-order valence-electron chi connectivity index (χ1n) is 9.78. The van der Waals surface area contributed by atoms with Gasteiger partial charge in [-0.15, -0.1) is 0 Å². The molecule has 0 spiro atoms. The van der Waals surface area contributed by atoms with E-state index in [0.29, 0.717) is 18.4 Å². The number of para-hydroxylation sites is 1. The van der Waals surface area contributed by atoms with Gasteiger partial charge in [-0.1, -0.05) is 78.4 Å². The van der Waals surface area contributed by atoms with Crippen LogP contribution in [0.15, 0.2) is 84.9 Å². The first-order chi connectivity index (χ1) is 13.8. The lowest BCUT2D eigenvalue weighted by molar-refractivity contribution is 0.306. The summed E-state index contributed by atoms with van der Waals surface area (Å²) >= 11 is 6.50. The van der Waals surface area contributed by atoms with Crippen LogP contribution >= 0.6 is 11.6 Å². The summed E-state index contributed by atoms with van der Waals surface area (Å²) in [5.41, 5.74) is 4.83. The van der Waals surface area contributed by atoms with Crippen LogP contribution in [0.3, 0.4) is 0 Å². The maximum Gasteiger partial charge on any atom is 0.119 e. The maximum atomic E-state index is 6.50. The molecular formula is C25H22ClNO. The fraction of sp³-hybridized carbons (Fsp3) is 0.200. The molecule has 1 aliphatic carbocycles. The zero-order chi connectivity index (χ0) is 18.9. The fourth-order valence-corrected chi connectivity index (χ4v) is 4.66. The number of hydrogen-bond acceptors (Lipinski definition) is 2. The SMILES string of the molecule is Clc1cccc2c1N[C@@H](c1ccc(OCc3ccccc3)cc1)[C@H]1CC=C[C@@H]21. The first-order valence-corrected chi connectivity index (χ1v) is 10.2. The molecule has 5 rings (SSSR count). The lowest BCUT2D eigenvalue weighted by Crippen LogP contribution is -2.29. The monoisotopic (exact) mass is 387 g/mol. The van der Waals surface area contributed by atoms with E-state index < -0.39 is 0 Å². The molecule has 0 aromatic heterocycles. The average molecular weight is 388 g/mol. The smallest absolute Gasteiger partial charge is 0.119 e. The van der Waals surface area contributed by atoms with E-state index in [1.165, 1.54) is 16.7 Å². The summed E-state index contributed by atoms with van der Waals surface area (Å²) < 4.78 is 5.94. The fourth-order valence-electron chi connectivity index (χ4n) is 4.43. The largest absolute Gasteiger partial charge is 0.489 e. The second-order valence-corrected chi connectivity index (χ2v) is 7.93. The van der Waals surface area contributed by atoms with Crippen molar-refractivity contribution in [1.29, 1.82) is 0 Å². The van der Waals surface area contributed by atoms with Crippen LogP contribution in [0.2, 0.25) is 5.02 Å². The molecule has 1 N–H and O–H groups in total. The molecule has 3 aromatic rings. The van der Waals surface area contributed by atoms with Crippen LogP contribution in [-0.2, 0) is 6.61 Å². The van der Waals surface area contributed by atoms with Crippen LogP contribution < -0.4 is 10.1 Å². The summed E-state index contributed by atoms with van der Waals surface area (Å²) in [6, 6.07) is 25.2. The van der Waals surface area contributed by atoms with Crippen LogP contribution in [0.25, 0.3) is 0 Å². The summed E-state index contributed by atoms with van der Waals surface area (Å²) in [6.45, 7) is 0.583. The zero-order valence-corrected chi connectivity index (χ0v) is 16.3. The third-order valence-electron chi connectivity index (χ3n) is 5.83. The van der Waals surface area contributed by atoms with Crippen molar-refractivity contribution in [2.45, 2.75) is 25.0 Å². The summed E-state index contributed by atoms with van der Waals surface area (Å²) in [6.07, 6.45) is 5.73. The van der Waals surface area contributed by atoms with Crippen molar-refractivity contribution in [2.24, 2.45) is 5.92 Å². The molecule has 2 aliphatic rings. The van der Waals surface area contributed by atoms with Gasteiger partial charge in [0.25, 0.3) is 0 Å². The van der Waals surface area contributed by atoms with Gasteiger partial charge < -0.3 is 10.1 Å². The second-order valence-electron chi connectivity index (χ2n) is 7.52. The minimum absolute atomic E-state index is 0.246. The van der Waals surface area contributed by atoms with E-state index in [0.717, 1.165) is 22.9 Å². The summed E-state index contributed by atoms with van der Waals surface area (Å²) in [4.78, 5) is 0. The molecule has 1 heterocycles. The third kappa shape index (κ3) is 3.18. The number of halogens is 1. The molecule has 3 aromatic carbocycles. The Hall–Kier alpha value is -2.71. The third-order valence-corrected chi connectivity index (χ3v) is 6.15. The van der Waals surface area contributed by atoms with Crippen molar-refractivity contribution in [2.75, 3.05) is 5.32 Å². The minimum atomic E-state index is 0.246. The van der Waals surface area contributed by atoms with Gasteiger partial charge in [0, 0.05) is 5.92 Å². The molecule has 140 valence electrons. The Labute approximate surface area is 170 Å². The highest BCUT2D eigenvalue weighted by Gasteiger charge is 2.38. The van der Waals surface area contributed by atoms with Crippen LogP contribution in [0.5, 0.6) is 5.75 Å². The van der Waals surface area contributed by atoms with Crippen LogP contribution in [0.4, 0.5) is 5.69 Å². The van der Waals surface area contributed by atoms with Gasteiger partial charge in [0.05, 0.1) is 16.8 Å². The van der Waals surface area contributed by atoms with E-state index in [-0.39, 0.29) is 6.04 Å². The van der Waals surface area contributed by atoms with Crippen molar-refractivity contribution < 1.29 is 4.74 Å². The standard InChI is InChI=1S/C25H22ClNO/c26-23-11-5-10-22-20-8-4-9-21(20)24(27-25(22)23)18-12-14-19(15-13-18)28-16-17-6-2-1-3-7-17/h1-8,10-15,20-21,24,27H,9,16H2/t20-,21+,24+/m1/s1. The lowest BCUT2D eigenvalue weighted by atomic mass is 9.77. The summed E-state index contributed by atoms with van der Waals surface area (Å²) in [7, 11) is 0. The second kappa shape index (κ2) is 7.37. The molecule has 2 nitrogen and oxygen atoms in total. The highest BCUT2D eigenvalue weighted by molar-refractivity contribution is 6.33. The quantitative estimate of drug-likeness (QED) is 0.500. The van der Waals surface area contributed by atoms with Crippen LogP contribution in [0.1, 0.15) is 35.1 Å². The molecule has 3 heteroatoms. The molecular weight excluding hydrogens is 366 g/mol. The van der Waals surface area contributed by atoms with Gasteiger partial charge in [-0.2, -0.15) is 0 Å². The number of fused-ring (bicyclic) bond motifs is 3. The Bertz CT molecular complexity index is 997. The predicted octanol–water partition coefficient (Wildman–Crippen LogP) is 6.75. The van der Waals surface area contributed by atoms with Gasteiger partial charge in [-0.25, -0.2) is 0 Å². The van der Waals surface area contributed by atoms with Gasteiger partial charge >= 0.3 is 0 Å². The number of hydrogen-bond donors (Lipinski definition) is 1. The van der Waals surface area contributed by atoms with E-state index in [2.05, 4.69) is 59.9 Å². The molecule has 0 bridgehead atoms. The van der Waals surface area contributed by atoms with Crippen molar-refractivity contribution in [3.8, 4) is 5.75 Å². The van der Waals surface area contributed by atoms with Gasteiger partial charge in [-0.3, -0.25) is 0 Å². The zero-order valence-electron chi connectivity index (χ0n) is 15.5. The van der Waals surface area contributed by atoms with E-state index in [9.17, 15) is 0 Å². The molecule has 28 heavy (non-hydrogen) atoms. The number of anilines is 1. The van der Waals surface area contributed by atoms with E-state index in [1.807, 2.05) is 30.3 Å². The number of allylic oxidation sites excluding steroid dienone is 2. The van der Waals surface area contributed by atoms with Crippen molar-refractivity contribution in [1.82, 2.24) is 0 Å². The van der Waals surface area contributed by atoms with Crippen molar-refractivity contribution in [3.63, 3.8) is 0 Å². The van der Waals surface area contributed by atoms with Crippen molar-refractivity contribution >= 4 is 17.3 Å². The highest BCUT2D eigenvalue weighted by atomic mass is 35.5. The van der Waals surface area contributed by atoms with Gasteiger partial charge in [0.1, 0.15) is 12.4 Å². The molecule has 0 radical (unpaired) electrons. The Morgan fingerprint density at radius 1 is 0.929 bits per heavy atom. The number of ether oxygens (including phenoxy) is 1. The Morgan fingerprint density at radius 3 is 2.57 bits per heavy atom. The number of rotatable bonds is 4. The highest BCUT2D eigenvalue weighted by Crippen LogP contribution is 2.51. The molecule has 0 unspecified atom stereocenters. The molecule has 0 saturated carbocycles. The normalized spacial score (nSPS) is 22.2. The van der Waals surface area contributed by atoms with E-state index in [1.54, 1.807) is 0 Å². The number of benzene rings is 3. The minimum Gasteiger partial charge on any atom is -0.489 e. The van der Waals surface area contributed by atoms with E-state index in [4.69, 9.17) is 16.3 Å². The van der Waals surface area contributed by atoms with Gasteiger partial charge in [0.15, 0.2) is 0 Å². The van der Waals surface area contributed by atoms with Gasteiger partial charge in [0.2, 0.25) is 0 Å². The molecule has 0 saturated heterocycles. The number of nitrogens with one attached hydrogen (secondary N) is 1. The Morgan fingerprint density at radius 2 is 1.75 bits per heavy atom. The van der Waals surface area contributed by atoms with Crippen molar-refractivity contribution in [3.05, 3.63) is 107 Å². The van der Waals surface area contributed by atoms with Crippen LogP contribution in [0, 0.1) is 5.92 Å².